The summed E-state index contributed by atoms with van der Waals surface area (Å²) < 4.78 is 183. The molecule has 0 aromatic heterocycles. The van der Waals surface area contributed by atoms with Gasteiger partial charge in [-0.05, 0) is 129 Å². The van der Waals surface area contributed by atoms with Crippen LogP contribution in [0.15, 0.2) is 92.0 Å². The number of carbonyl (C=O) groups is 2. The van der Waals surface area contributed by atoms with Crippen LogP contribution in [0.5, 0.6) is 0 Å². The van der Waals surface area contributed by atoms with Crippen LogP contribution in [0.1, 0.15) is 102 Å². The van der Waals surface area contributed by atoms with E-state index in [1.165, 1.54) is 18.2 Å². The Morgan fingerprint density at radius 1 is 0.649 bits per heavy atom. The van der Waals surface area contributed by atoms with Gasteiger partial charge in [0.15, 0.2) is 5.71 Å². The highest BCUT2D eigenvalue weighted by molar-refractivity contribution is 7.95. The molecular weight excluding hydrogens is 1140 g/mol. The van der Waals surface area contributed by atoms with Crippen molar-refractivity contribution < 1.29 is 104 Å². The summed E-state index contributed by atoms with van der Waals surface area (Å²) in [5.74, 6) is -3.55. The minimum Gasteiger partial charge on any atom is -0.691 e. The fourth-order valence-corrected chi connectivity index (χ4v) is 14.0. The molecule has 2 atom stereocenters. The van der Waals surface area contributed by atoms with E-state index in [1.54, 1.807) is 48.8 Å². The second-order valence-corrected chi connectivity index (χ2v) is 27.2. The van der Waals surface area contributed by atoms with E-state index in [-0.39, 0.29) is 96.5 Å². The van der Waals surface area contributed by atoms with Gasteiger partial charge in [0.25, 0.3) is 50.6 Å². The first-order valence-corrected chi connectivity index (χ1v) is 31.9. The lowest BCUT2D eigenvalue weighted by Gasteiger charge is -2.31. The molecule has 6 rings (SSSR count). The smallest absolute Gasteiger partial charge is 0.303 e. The number of benzene rings is 4. The first kappa shape index (κ1) is 61.3. The predicted octanol–water partition coefficient (Wildman–Crippen LogP) is 6.16. The Morgan fingerprint density at radius 2 is 1.19 bits per heavy atom. The van der Waals surface area contributed by atoms with Crippen molar-refractivity contribution in [2.75, 3.05) is 29.5 Å². The van der Waals surface area contributed by atoms with Crippen LogP contribution in [0, 0.1) is 0 Å². The van der Waals surface area contributed by atoms with E-state index in [2.05, 4.69) is 9.37 Å². The molecule has 30 heteroatoms. The lowest BCUT2D eigenvalue weighted by atomic mass is 9.74. The summed E-state index contributed by atoms with van der Waals surface area (Å²) in [6.07, 6.45) is 5.91. The molecule has 4 aromatic rings. The quantitative estimate of drug-likeness (QED) is 0.00835. The maximum Gasteiger partial charge on any atom is 0.303 e. The van der Waals surface area contributed by atoms with Crippen LogP contribution in [-0.4, -0.2) is 122 Å². The fourth-order valence-electron chi connectivity index (χ4n) is 10.5. The van der Waals surface area contributed by atoms with Crippen LogP contribution in [0.3, 0.4) is 0 Å². The highest BCUT2D eigenvalue weighted by atomic mass is 32.2. The van der Waals surface area contributed by atoms with Gasteiger partial charge in [0.2, 0.25) is 5.69 Å². The van der Waals surface area contributed by atoms with Gasteiger partial charge < -0.3 is 20.4 Å². The van der Waals surface area contributed by atoms with Gasteiger partial charge in [0.05, 0.1) is 38.8 Å². The van der Waals surface area contributed by atoms with Gasteiger partial charge in [-0.15, -0.1) is 0 Å². The Labute approximate surface area is 448 Å². The summed E-state index contributed by atoms with van der Waals surface area (Å²) in [7, 11) is -24.5. The van der Waals surface area contributed by atoms with E-state index in [0.29, 0.717) is 72.1 Å². The SMILES string of the molecule is CC1(CCCS(=O)(=O)O)C(/C=C/C=C2/N(CCCCCC(=O)O)c3ccc4c(SOO[O-])cc(S(=O)(=O)O)cc4c3C2(C)CCCS(=O)(=O)O)=[N+](CCCCCC(=O)O)c2ccc3c(S(=O)(=O)O)cc(S(=O)(=O)O)cc3c21. The van der Waals surface area contributed by atoms with Gasteiger partial charge in [-0.25, -0.2) is 0 Å². The largest absolute Gasteiger partial charge is 0.691 e. The second-order valence-electron chi connectivity index (χ2n) is 19.0. The molecule has 0 amide bonds. The molecule has 24 nitrogen and oxygen atoms in total. The van der Waals surface area contributed by atoms with Gasteiger partial charge >= 0.3 is 11.9 Å². The van der Waals surface area contributed by atoms with Crippen LogP contribution in [0.25, 0.3) is 21.5 Å². The van der Waals surface area contributed by atoms with Crippen LogP contribution < -0.4 is 10.2 Å². The van der Waals surface area contributed by atoms with Crippen LogP contribution in [-0.2, 0) is 80.4 Å². The Bertz CT molecular complexity index is 3670. The van der Waals surface area contributed by atoms with Gasteiger partial charge in [0, 0.05) is 70.6 Å². The van der Waals surface area contributed by atoms with Crippen molar-refractivity contribution in [3.63, 3.8) is 0 Å². The first-order valence-electron chi connectivity index (χ1n) is 23.6. The number of carboxylic acid groups (broad SMARTS) is 2. The molecule has 77 heavy (non-hydrogen) atoms. The monoisotopic (exact) mass is 1190 g/mol. The molecule has 0 spiro atoms. The van der Waals surface area contributed by atoms with Crippen LogP contribution in [0.4, 0.5) is 11.4 Å². The number of fused-ring (bicyclic) bond motifs is 6. The number of aliphatic carboxylic acids is 2. The van der Waals surface area contributed by atoms with Crippen molar-refractivity contribution >= 4 is 113 Å². The summed E-state index contributed by atoms with van der Waals surface area (Å²) in [6, 6.07) is 9.85. The van der Waals surface area contributed by atoms with Crippen molar-refractivity contribution in [2.45, 2.75) is 121 Å². The molecule has 422 valence electrons. The van der Waals surface area contributed by atoms with E-state index < -0.39 is 99.6 Å². The topological polar surface area (TPSA) is 394 Å². The molecule has 4 aromatic carbocycles. The molecule has 2 aliphatic heterocycles. The summed E-state index contributed by atoms with van der Waals surface area (Å²) in [6.45, 7) is 3.66. The molecule has 0 saturated carbocycles. The highest BCUT2D eigenvalue weighted by Gasteiger charge is 2.50. The van der Waals surface area contributed by atoms with Crippen molar-refractivity contribution in [3.8, 4) is 0 Å². The third-order valence-corrected chi connectivity index (χ3v) is 18.5. The Hall–Kier alpha value is -4.93. The van der Waals surface area contributed by atoms with Crippen LogP contribution >= 0.6 is 12.0 Å². The highest BCUT2D eigenvalue weighted by Crippen LogP contribution is 2.55. The third-order valence-electron chi connectivity index (χ3n) is 13.7. The van der Waals surface area contributed by atoms with Gasteiger partial charge in [0.1, 0.15) is 11.4 Å². The van der Waals surface area contributed by atoms with Crippen LogP contribution in [0.2, 0.25) is 0 Å². The fraction of sp³-hybridized carbons (Fsp3) is 0.426. The van der Waals surface area contributed by atoms with E-state index in [0.717, 1.165) is 12.1 Å². The lowest BCUT2D eigenvalue weighted by molar-refractivity contribution is -0.777. The Kier molecular flexibility index (Phi) is 18.9. The van der Waals surface area contributed by atoms with Gasteiger partial charge in [-0.1, -0.05) is 18.6 Å². The van der Waals surface area contributed by atoms with E-state index in [4.69, 9.17) is 0 Å². The van der Waals surface area contributed by atoms with Crippen molar-refractivity contribution in [2.24, 2.45) is 0 Å². The lowest BCUT2D eigenvalue weighted by Crippen LogP contribution is -2.32. The number of unbranched alkanes of at least 4 members (excludes halogenated alkanes) is 4. The molecule has 0 fully saturated rings. The molecule has 7 N–H and O–H groups in total. The standard InChI is InChI=1S/C47H56N2O22S6/c1-46(20-10-24-73(55,56)57)40(48(22-7-3-5-14-42(50)51)36-18-16-32-34(44(36)46)26-30(75(61,62)63)28-38(32)72-71-70-54)12-9-13-41-47(2,21-11-25-74(58,59)60)45-35-27-31(76(64,65)66)29-39(77(67,68)69)33(35)17-19-37(45)49(41)23-8-4-6-15-43(52)53/h9,12-13,16-19,26-29H,3-8,10-11,14-15,20-25H2,1-2H3,(H7-,50,51,52,53,54,55,56,57,58,59,60,61,62,63,64,65,66,67,68,69). The first-order chi connectivity index (χ1) is 35.7. The zero-order valence-corrected chi connectivity index (χ0v) is 46.2. The Morgan fingerprint density at radius 3 is 1.74 bits per heavy atom. The molecule has 2 aliphatic rings. The summed E-state index contributed by atoms with van der Waals surface area (Å²) >= 11 is 0.338. The zero-order valence-electron chi connectivity index (χ0n) is 41.3. The molecular formula is C47H56N2O22S6. The normalized spacial score (nSPS) is 18.8. The summed E-state index contributed by atoms with van der Waals surface area (Å²) in [5.41, 5.74) is -0.626. The van der Waals surface area contributed by atoms with Crippen molar-refractivity contribution in [3.05, 3.63) is 83.6 Å². The zero-order chi connectivity index (χ0) is 57.1. The van der Waals surface area contributed by atoms with Crippen molar-refractivity contribution in [1.82, 2.24) is 0 Å². The summed E-state index contributed by atoms with van der Waals surface area (Å²) in [5, 5.41) is 33.4. The van der Waals surface area contributed by atoms with Gasteiger partial charge in [-0.2, -0.15) is 51.0 Å². The molecule has 0 radical (unpaired) electrons. The molecule has 2 heterocycles. The number of anilines is 1. The number of hydrogen-bond acceptors (Lipinski definition) is 17. The Balaban J connectivity index is 1.67. The van der Waals surface area contributed by atoms with Crippen molar-refractivity contribution in [1.29, 1.82) is 0 Å². The number of nitrogens with zero attached hydrogens (tertiary/aromatic N) is 2. The third kappa shape index (κ3) is 14.5. The number of rotatable bonds is 28. The van der Waals surface area contributed by atoms with E-state index in [1.807, 2.05) is 4.90 Å². The number of carboxylic acids is 2. The minimum atomic E-state index is -5.20. The van der Waals surface area contributed by atoms with E-state index >= 15 is 0 Å². The second kappa shape index (κ2) is 23.8. The van der Waals surface area contributed by atoms with Gasteiger partial charge in [-0.3, -0.25) is 37.4 Å². The number of allylic oxidation sites excluding steroid dienone is 4. The summed E-state index contributed by atoms with van der Waals surface area (Å²) in [4.78, 5) is 22.3. The molecule has 0 aliphatic carbocycles. The molecule has 2 unspecified atom stereocenters. The predicted molar refractivity (Wildman–Crippen MR) is 278 cm³/mol. The molecule has 0 saturated heterocycles. The minimum absolute atomic E-state index is 0.0000769. The van der Waals surface area contributed by atoms with E-state index in [9.17, 15) is 89.9 Å². The average molecular weight is 1190 g/mol. The molecule has 0 bridgehead atoms. The average Bonchev–Trinajstić information content (AvgIpc) is 3.75. The maximum absolute atomic E-state index is 12.9. The number of hydrogen-bond donors (Lipinski definition) is 7. The maximum atomic E-state index is 12.9.